The van der Waals surface area contributed by atoms with Gasteiger partial charge in [0.1, 0.15) is 17.6 Å². The Kier molecular flexibility index (Phi) is 4.52. The molecule has 0 saturated carbocycles. The average molecular weight is 311 g/mol. The second kappa shape index (κ2) is 6.91. The molecule has 0 aliphatic heterocycles. The molecule has 2 aromatic carbocycles. The van der Waals surface area contributed by atoms with E-state index in [0.29, 0.717) is 12.2 Å². The third-order valence-electron chi connectivity index (χ3n) is 3.54. The lowest BCUT2D eigenvalue weighted by Gasteiger charge is -2.08. The zero-order valence-corrected chi connectivity index (χ0v) is 12.8. The molecule has 0 fully saturated rings. The maximum absolute atomic E-state index is 10.6. The number of nitrogens with one attached hydrogen (secondary N) is 1. The van der Waals surface area contributed by atoms with Crippen molar-refractivity contribution in [2.24, 2.45) is 0 Å². The number of benzene rings is 2. The molecule has 1 N–H and O–H groups in total. The van der Waals surface area contributed by atoms with E-state index < -0.39 is 0 Å². The molecule has 0 spiro atoms. The first-order valence-electron chi connectivity index (χ1n) is 7.42. The Balaban J connectivity index is 1.48. The van der Waals surface area contributed by atoms with Crippen molar-refractivity contribution in [3.63, 3.8) is 0 Å². The summed E-state index contributed by atoms with van der Waals surface area (Å²) >= 11 is 0. The van der Waals surface area contributed by atoms with Crippen LogP contribution in [0.4, 0.5) is 5.69 Å². The van der Waals surface area contributed by atoms with Crippen molar-refractivity contribution in [1.29, 1.82) is 0 Å². The summed E-state index contributed by atoms with van der Waals surface area (Å²) in [7, 11) is 0. The summed E-state index contributed by atoms with van der Waals surface area (Å²) in [5.41, 5.74) is 4.11. The van der Waals surface area contributed by atoms with Gasteiger partial charge in [0.15, 0.2) is 5.52 Å². The van der Waals surface area contributed by atoms with Crippen molar-refractivity contribution in [3.05, 3.63) is 47.5 Å². The Bertz CT molecular complexity index is 796. The highest BCUT2D eigenvalue weighted by atomic mass is 16.6. The minimum Gasteiger partial charge on any atom is -0.494 e. The highest BCUT2D eigenvalue weighted by Gasteiger charge is 2.08. The summed E-state index contributed by atoms with van der Waals surface area (Å²) in [6, 6.07) is 11.0. The molecule has 0 aliphatic rings. The number of anilines is 1. The van der Waals surface area contributed by atoms with Gasteiger partial charge in [-0.05, 0) is 59.6 Å². The second-order valence-electron chi connectivity index (χ2n) is 5.21. The monoisotopic (exact) mass is 311 g/mol. The zero-order valence-electron chi connectivity index (χ0n) is 12.8. The van der Waals surface area contributed by atoms with E-state index in [2.05, 4.69) is 15.6 Å². The Morgan fingerprint density at radius 1 is 1.13 bits per heavy atom. The van der Waals surface area contributed by atoms with Gasteiger partial charge in [-0.15, -0.1) is 0 Å². The predicted molar refractivity (Wildman–Crippen MR) is 87.0 cm³/mol. The van der Waals surface area contributed by atoms with E-state index in [0.717, 1.165) is 47.3 Å². The number of aldehydes is 1. The molecule has 0 unspecified atom stereocenters. The average Bonchev–Trinajstić information content (AvgIpc) is 3.08. The van der Waals surface area contributed by atoms with Crippen LogP contribution in [-0.4, -0.2) is 29.8 Å². The number of aryl methyl sites for hydroxylation is 1. The molecule has 6 heteroatoms. The van der Waals surface area contributed by atoms with Gasteiger partial charge in [0.25, 0.3) is 0 Å². The fourth-order valence-electron chi connectivity index (χ4n) is 2.26. The molecule has 0 aliphatic carbocycles. The molecule has 118 valence electrons. The number of hydrogen-bond acceptors (Lipinski definition) is 6. The minimum absolute atomic E-state index is 0.583. The highest BCUT2D eigenvalue weighted by molar-refractivity contribution is 5.89. The minimum atomic E-state index is 0.583. The fraction of sp³-hybridized carbons (Fsp3) is 0.235. The molecule has 3 aromatic rings. The molecule has 3 rings (SSSR count). The molecule has 0 bridgehead atoms. The second-order valence-corrected chi connectivity index (χ2v) is 5.21. The van der Waals surface area contributed by atoms with Gasteiger partial charge in [0, 0.05) is 12.1 Å². The van der Waals surface area contributed by atoms with Gasteiger partial charge in [0.2, 0.25) is 0 Å². The van der Waals surface area contributed by atoms with Crippen molar-refractivity contribution < 1.29 is 14.2 Å². The fourth-order valence-corrected chi connectivity index (χ4v) is 2.26. The number of carbonyl (C=O) groups is 1. The summed E-state index contributed by atoms with van der Waals surface area (Å²) in [4.78, 5) is 10.6. The highest BCUT2D eigenvalue weighted by Crippen LogP contribution is 2.23. The normalized spacial score (nSPS) is 10.7. The SMILES string of the molecule is Cc1ccc(NCCCOc2ccc(C=O)cc2)c2nonc12. The number of carbonyl (C=O) groups excluding carboxylic acids is 1. The predicted octanol–water partition coefficient (Wildman–Crippen LogP) is 3.22. The molecule has 1 heterocycles. The largest absolute Gasteiger partial charge is 0.494 e. The van der Waals surface area contributed by atoms with E-state index in [-0.39, 0.29) is 0 Å². The van der Waals surface area contributed by atoms with Crippen LogP contribution in [0.25, 0.3) is 11.0 Å². The summed E-state index contributed by atoms with van der Waals surface area (Å²) in [6.07, 6.45) is 1.64. The van der Waals surface area contributed by atoms with Gasteiger partial charge in [-0.3, -0.25) is 4.79 Å². The first-order chi connectivity index (χ1) is 11.3. The van der Waals surface area contributed by atoms with Crippen molar-refractivity contribution in [2.75, 3.05) is 18.5 Å². The molecule has 0 amide bonds. The lowest BCUT2D eigenvalue weighted by Crippen LogP contribution is -2.07. The molecule has 23 heavy (non-hydrogen) atoms. The van der Waals surface area contributed by atoms with E-state index in [4.69, 9.17) is 9.37 Å². The first-order valence-corrected chi connectivity index (χ1v) is 7.42. The van der Waals surface area contributed by atoms with E-state index in [1.54, 1.807) is 24.3 Å². The van der Waals surface area contributed by atoms with Gasteiger partial charge in [-0.2, -0.15) is 0 Å². The van der Waals surface area contributed by atoms with Crippen LogP contribution < -0.4 is 10.1 Å². The molecule has 0 saturated heterocycles. The van der Waals surface area contributed by atoms with Crippen LogP contribution in [0.1, 0.15) is 22.3 Å². The van der Waals surface area contributed by atoms with Gasteiger partial charge in [0.05, 0.1) is 12.3 Å². The summed E-state index contributed by atoms with van der Waals surface area (Å²) < 4.78 is 10.4. The standard InChI is InChI=1S/C17H17N3O3/c1-12-3-8-15(17-16(12)19-23-20-17)18-9-2-10-22-14-6-4-13(11-21)5-7-14/h3-8,11,18H,2,9-10H2,1H3. The third-order valence-corrected chi connectivity index (χ3v) is 3.54. The van der Waals surface area contributed by atoms with Crippen LogP contribution in [0.5, 0.6) is 5.75 Å². The topological polar surface area (TPSA) is 77.2 Å². The van der Waals surface area contributed by atoms with Crippen molar-refractivity contribution in [3.8, 4) is 5.75 Å². The Hall–Kier alpha value is -2.89. The van der Waals surface area contributed by atoms with Crippen molar-refractivity contribution in [2.45, 2.75) is 13.3 Å². The number of aromatic nitrogens is 2. The number of nitrogens with zero attached hydrogens (tertiary/aromatic N) is 2. The number of fused-ring (bicyclic) bond motifs is 1. The molecule has 0 atom stereocenters. The molecule has 6 nitrogen and oxygen atoms in total. The zero-order chi connectivity index (χ0) is 16.1. The number of hydrogen-bond donors (Lipinski definition) is 1. The van der Waals surface area contributed by atoms with E-state index in [1.165, 1.54) is 0 Å². The first kappa shape index (κ1) is 15.0. The molecular weight excluding hydrogens is 294 g/mol. The maximum Gasteiger partial charge on any atom is 0.158 e. The van der Waals surface area contributed by atoms with Crippen LogP contribution >= 0.6 is 0 Å². The van der Waals surface area contributed by atoms with E-state index >= 15 is 0 Å². The van der Waals surface area contributed by atoms with Crippen molar-refractivity contribution >= 4 is 23.0 Å². The van der Waals surface area contributed by atoms with Gasteiger partial charge in [-0.25, -0.2) is 4.63 Å². The Morgan fingerprint density at radius 2 is 1.91 bits per heavy atom. The third kappa shape index (κ3) is 3.48. The number of rotatable bonds is 7. The van der Waals surface area contributed by atoms with Crippen LogP contribution in [0.3, 0.4) is 0 Å². The quantitative estimate of drug-likeness (QED) is 0.533. The Morgan fingerprint density at radius 3 is 2.70 bits per heavy atom. The van der Waals surface area contributed by atoms with Crippen LogP contribution in [0.2, 0.25) is 0 Å². The summed E-state index contributed by atoms with van der Waals surface area (Å²) in [6.45, 7) is 3.30. The molecular formula is C17H17N3O3. The van der Waals surface area contributed by atoms with Crippen LogP contribution in [0.15, 0.2) is 41.0 Å². The maximum atomic E-state index is 10.6. The van der Waals surface area contributed by atoms with Crippen LogP contribution in [0, 0.1) is 6.92 Å². The van der Waals surface area contributed by atoms with Crippen molar-refractivity contribution in [1.82, 2.24) is 10.3 Å². The smallest absolute Gasteiger partial charge is 0.158 e. The summed E-state index contributed by atoms with van der Waals surface area (Å²) in [5.74, 6) is 0.758. The molecule has 1 aromatic heterocycles. The van der Waals surface area contributed by atoms with Gasteiger partial charge >= 0.3 is 0 Å². The van der Waals surface area contributed by atoms with Gasteiger partial charge in [-0.1, -0.05) is 6.07 Å². The number of ether oxygens (including phenoxy) is 1. The lowest BCUT2D eigenvalue weighted by atomic mass is 10.2. The Labute approximate surface area is 133 Å². The summed E-state index contributed by atoms with van der Waals surface area (Å²) in [5, 5.41) is 11.2. The van der Waals surface area contributed by atoms with Gasteiger partial charge < -0.3 is 10.1 Å². The van der Waals surface area contributed by atoms with E-state index in [9.17, 15) is 4.79 Å². The lowest BCUT2D eigenvalue weighted by molar-refractivity contribution is 0.112. The molecule has 0 radical (unpaired) electrons. The van der Waals surface area contributed by atoms with Crippen LogP contribution in [-0.2, 0) is 0 Å². The van der Waals surface area contributed by atoms with E-state index in [1.807, 2.05) is 19.1 Å².